The third-order valence-electron chi connectivity index (χ3n) is 4.18. The van der Waals surface area contributed by atoms with E-state index in [0.717, 1.165) is 54.7 Å². The second-order valence-corrected chi connectivity index (χ2v) is 7.15. The van der Waals surface area contributed by atoms with Crippen LogP contribution >= 0.6 is 11.3 Å². The normalized spacial score (nSPS) is 14.9. The van der Waals surface area contributed by atoms with Crippen LogP contribution in [0.15, 0.2) is 29.8 Å². The number of hydrogen-bond donors (Lipinski definition) is 0. The molecule has 25 heavy (non-hydrogen) atoms. The maximum Gasteiger partial charge on any atom is 0.213 e. The van der Waals surface area contributed by atoms with Gasteiger partial charge >= 0.3 is 0 Å². The van der Waals surface area contributed by atoms with Crippen molar-refractivity contribution in [2.24, 2.45) is 0 Å². The Morgan fingerprint density at radius 1 is 1.28 bits per heavy atom. The van der Waals surface area contributed by atoms with Crippen molar-refractivity contribution in [1.29, 1.82) is 0 Å². The molecule has 0 saturated heterocycles. The molecule has 0 bridgehead atoms. The molecule has 130 valence electrons. The molecule has 0 atom stereocenters. The first-order chi connectivity index (χ1) is 12.3. The molecule has 4 heterocycles. The lowest BCUT2D eigenvalue weighted by molar-refractivity contribution is 0.251. The van der Waals surface area contributed by atoms with Gasteiger partial charge < -0.3 is 4.74 Å². The summed E-state index contributed by atoms with van der Waals surface area (Å²) in [6.45, 7) is 6.01. The number of aryl methyl sites for hydroxylation is 2. The van der Waals surface area contributed by atoms with Crippen LogP contribution < -0.4 is 4.74 Å². The van der Waals surface area contributed by atoms with Crippen LogP contribution in [0.25, 0.3) is 0 Å². The molecule has 1 aliphatic rings. The number of fused-ring (bicyclic) bond motifs is 1. The third-order valence-corrected chi connectivity index (χ3v) is 5.00. The Balaban J connectivity index is 1.47. The Morgan fingerprint density at radius 3 is 3.04 bits per heavy atom. The van der Waals surface area contributed by atoms with Crippen LogP contribution in [-0.4, -0.2) is 36.4 Å². The molecule has 0 fully saturated rings. The zero-order valence-electron chi connectivity index (χ0n) is 14.1. The van der Waals surface area contributed by atoms with E-state index in [1.165, 1.54) is 0 Å². The van der Waals surface area contributed by atoms with Crippen molar-refractivity contribution in [1.82, 2.24) is 29.9 Å². The van der Waals surface area contributed by atoms with Crippen molar-refractivity contribution >= 4 is 11.3 Å². The van der Waals surface area contributed by atoms with Gasteiger partial charge in [0.2, 0.25) is 5.88 Å². The van der Waals surface area contributed by atoms with Crippen LogP contribution in [0.5, 0.6) is 5.88 Å². The highest BCUT2D eigenvalue weighted by molar-refractivity contribution is 7.09. The predicted molar refractivity (Wildman–Crippen MR) is 94.2 cm³/mol. The van der Waals surface area contributed by atoms with Gasteiger partial charge in [-0.05, 0) is 19.4 Å². The number of thiazole rings is 1. The Kier molecular flexibility index (Phi) is 4.71. The van der Waals surface area contributed by atoms with Gasteiger partial charge in [0.25, 0.3) is 0 Å². The lowest BCUT2D eigenvalue weighted by Crippen LogP contribution is -2.23. The summed E-state index contributed by atoms with van der Waals surface area (Å²) >= 11 is 1.70. The van der Waals surface area contributed by atoms with Crippen LogP contribution in [0.1, 0.15) is 28.5 Å². The minimum Gasteiger partial charge on any atom is -0.471 e. The number of nitrogens with zero attached hydrogens (tertiary/aromatic N) is 6. The fourth-order valence-electron chi connectivity index (χ4n) is 2.99. The van der Waals surface area contributed by atoms with E-state index in [0.29, 0.717) is 12.5 Å². The number of aromatic nitrogens is 5. The Labute approximate surface area is 150 Å². The summed E-state index contributed by atoms with van der Waals surface area (Å²) < 4.78 is 7.76. The predicted octanol–water partition coefficient (Wildman–Crippen LogP) is 2.42. The SMILES string of the molecule is Cc1nc(CN2CCCn3nnc(COc4ccccn4)c3C2)cs1. The van der Waals surface area contributed by atoms with Crippen LogP contribution in [0.2, 0.25) is 0 Å². The van der Waals surface area contributed by atoms with Crippen molar-refractivity contribution in [2.75, 3.05) is 6.54 Å². The molecule has 3 aromatic heterocycles. The van der Waals surface area contributed by atoms with Crippen molar-refractivity contribution in [3.05, 3.63) is 51.9 Å². The molecular formula is C17H20N6OS. The first kappa shape index (κ1) is 16.2. The summed E-state index contributed by atoms with van der Waals surface area (Å²) in [6, 6.07) is 5.63. The average molecular weight is 356 g/mol. The average Bonchev–Trinajstić information content (AvgIpc) is 3.14. The van der Waals surface area contributed by atoms with Gasteiger partial charge in [-0.15, -0.1) is 16.4 Å². The van der Waals surface area contributed by atoms with Crippen molar-refractivity contribution < 1.29 is 4.74 Å². The second kappa shape index (κ2) is 7.28. The van der Waals surface area contributed by atoms with Gasteiger partial charge in [0.1, 0.15) is 12.3 Å². The molecule has 0 saturated carbocycles. The first-order valence-corrected chi connectivity index (χ1v) is 9.24. The van der Waals surface area contributed by atoms with Gasteiger partial charge in [-0.2, -0.15) is 0 Å². The molecule has 0 unspecified atom stereocenters. The molecule has 0 spiro atoms. The van der Waals surface area contributed by atoms with E-state index in [4.69, 9.17) is 4.74 Å². The van der Waals surface area contributed by atoms with Crippen LogP contribution in [0.4, 0.5) is 0 Å². The van der Waals surface area contributed by atoms with E-state index in [2.05, 4.69) is 30.6 Å². The van der Waals surface area contributed by atoms with Gasteiger partial charge in [0.05, 0.1) is 16.4 Å². The summed E-state index contributed by atoms with van der Waals surface area (Å²) in [5.74, 6) is 0.604. The number of pyridine rings is 1. The summed E-state index contributed by atoms with van der Waals surface area (Å²) in [5.41, 5.74) is 3.14. The van der Waals surface area contributed by atoms with Crippen LogP contribution in [0.3, 0.4) is 0 Å². The van der Waals surface area contributed by atoms with Gasteiger partial charge in [-0.1, -0.05) is 11.3 Å². The molecule has 0 N–H and O–H groups in total. The number of hydrogen-bond acceptors (Lipinski definition) is 7. The van der Waals surface area contributed by atoms with Gasteiger partial charge in [0, 0.05) is 43.8 Å². The molecule has 0 aromatic carbocycles. The molecule has 1 aliphatic heterocycles. The van der Waals surface area contributed by atoms with E-state index in [9.17, 15) is 0 Å². The molecule has 7 nitrogen and oxygen atoms in total. The maximum atomic E-state index is 5.76. The lowest BCUT2D eigenvalue weighted by Gasteiger charge is -2.18. The largest absolute Gasteiger partial charge is 0.471 e. The summed E-state index contributed by atoms with van der Waals surface area (Å²) in [6.07, 6.45) is 2.78. The Hall–Kier alpha value is -2.32. The number of ether oxygens (including phenoxy) is 1. The number of rotatable bonds is 5. The van der Waals surface area contributed by atoms with Crippen LogP contribution in [-0.2, 0) is 26.2 Å². The maximum absolute atomic E-state index is 5.76. The zero-order valence-corrected chi connectivity index (χ0v) is 14.9. The van der Waals surface area contributed by atoms with Gasteiger partial charge in [-0.3, -0.25) is 4.90 Å². The highest BCUT2D eigenvalue weighted by atomic mass is 32.1. The van der Waals surface area contributed by atoms with E-state index < -0.39 is 0 Å². The molecule has 0 aliphatic carbocycles. The fourth-order valence-corrected chi connectivity index (χ4v) is 3.59. The minimum atomic E-state index is 0.385. The van der Waals surface area contributed by atoms with E-state index >= 15 is 0 Å². The molecule has 0 amide bonds. The molecule has 4 rings (SSSR count). The Morgan fingerprint density at radius 2 is 2.24 bits per heavy atom. The molecule has 8 heteroatoms. The summed E-state index contributed by atoms with van der Waals surface area (Å²) in [5, 5.41) is 11.9. The standard InChI is InChI=1S/C17H20N6OS/c1-13-19-14(12-25-13)9-22-7-4-8-23-16(10-22)15(20-21-23)11-24-17-5-2-3-6-18-17/h2-3,5-6,12H,4,7-11H2,1H3. The van der Waals surface area contributed by atoms with E-state index in [-0.39, 0.29) is 0 Å². The monoisotopic (exact) mass is 356 g/mol. The van der Waals surface area contributed by atoms with Gasteiger partial charge in [0.15, 0.2) is 0 Å². The highest BCUT2D eigenvalue weighted by Crippen LogP contribution is 2.19. The smallest absolute Gasteiger partial charge is 0.213 e. The molecule has 0 radical (unpaired) electrons. The van der Waals surface area contributed by atoms with Crippen molar-refractivity contribution in [3.8, 4) is 5.88 Å². The quantitative estimate of drug-likeness (QED) is 0.699. The van der Waals surface area contributed by atoms with Crippen LogP contribution in [0, 0.1) is 6.92 Å². The van der Waals surface area contributed by atoms with Gasteiger partial charge in [-0.25, -0.2) is 14.6 Å². The lowest BCUT2D eigenvalue weighted by atomic mass is 10.3. The zero-order chi connectivity index (χ0) is 17.1. The summed E-state index contributed by atoms with van der Waals surface area (Å²) in [4.78, 5) is 11.2. The topological polar surface area (TPSA) is 69.0 Å². The molecular weight excluding hydrogens is 336 g/mol. The highest BCUT2D eigenvalue weighted by Gasteiger charge is 2.21. The van der Waals surface area contributed by atoms with E-state index in [1.54, 1.807) is 17.5 Å². The first-order valence-electron chi connectivity index (χ1n) is 8.36. The minimum absolute atomic E-state index is 0.385. The second-order valence-electron chi connectivity index (χ2n) is 6.08. The van der Waals surface area contributed by atoms with Crippen molar-refractivity contribution in [2.45, 2.75) is 39.6 Å². The van der Waals surface area contributed by atoms with E-state index in [1.807, 2.05) is 29.8 Å². The summed E-state index contributed by atoms with van der Waals surface area (Å²) in [7, 11) is 0. The fraction of sp³-hybridized carbons (Fsp3) is 0.412. The Bertz CT molecular complexity index is 831. The van der Waals surface area contributed by atoms with Crippen molar-refractivity contribution in [3.63, 3.8) is 0 Å². The molecule has 3 aromatic rings. The third kappa shape index (κ3) is 3.85.